The van der Waals surface area contributed by atoms with Gasteiger partial charge in [-0.2, -0.15) is 13.2 Å². The van der Waals surface area contributed by atoms with Crippen LogP contribution in [0.15, 0.2) is 55.0 Å². The van der Waals surface area contributed by atoms with E-state index in [1.165, 1.54) is 30.3 Å². The number of aldehydes is 1. The van der Waals surface area contributed by atoms with Crippen LogP contribution in [0.4, 0.5) is 24.8 Å². The van der Waals surface area contributed by atoms with Crippen LogP contribution >= 0.6 is 0 Å². The molecule has 3 atom stereocenters. The fraction of sp³-hybridized carbons (Fsp3) is 0.537. The number of pyridine rings is 1. The molecule has 7 heterocycles. The number of hydrogen-bond donors (Lipinski definition) is 3. The fourth-order valence-corrected chi connectivity index (χ4v) is 9.01. The Morgan fingerprint density at radius 1 is 0.911 bits per heavy atom. The molecule has 0 bridgehead atoms. The van der Waals surface area contributed by atoms with E-state index in [0.29, 0.717) is 41.1 Å². The second kappa shape index (κ2) is 17.0. The van der Waals surface area contributed by atoms with Crippen LogP contribution in [0.1, 0.15) is 49.1 Å². The van der Waals surface area contributed by atoms with Gasteiger partial charge in [0, 0.05) is 120 Å². The number of benzene rings is 1. The highest BCUT2D eigenvalue weighted by Crippen LogP contribution is 2.38. The molecular weight excluding hydrogens is 722 g/mol. The molecule has 1 aromatic carbocycles. The minimum atomic E-state index is -4.59. The van der Waals surface area contributed by atoms with E-state index in [2.05, 4.69) is 74.4 Å². The number of halogens is 3. The van der Waals surface area contributed by atoms with Gasteiger partial charge >= 0.3 is 6.18 Å². The average Bonchev–Trinajstić information content (AvgIpc) is 3.87. The van der Waals surface area contributed by atoms with Gasteiger partial charge in [-0.15, -0.1) is 0 Å². The molecule has 4 aliphatic rings. The molecule has 56 heavy (non-hydrogen) atoms. The van der Waals surface area contributed by atoms with Crippen molar-refractivity contribution in [2.45, 2.75) is 56.3 Å². The van der Waals surface area contributed by atoms with Crippen molar-refractivity contribution in [3.05, 3.63) is 66.1 Å². The number of likely N-dealkylation sites (tertiary alicyclic amines) is 1. The van der Waals surface area contributed by atoms with E-state index in [4.69, 9.17) is 0 Å². The van der Waals surface area contributed by atoms with Crippen LogP contribution in [-0.2, 0) is 15.8 Å². The van der Waals surface area contributed by atoms with Crippen molar-refractivity contribution in [1.82, 2.24) is 40.0 Å². The van der Waals surface area contributed by atoms with E-state index in [-0.39, 0.29) is 29.5 Å². The Bertz CT molecular complexity index is 1970. The third-order valence-corrected chi connectivity index (χ3v) is 12.3. The van der Waals surface area contributed by atoms with E-state index in [1.807, 2.05) is 0 Å². The van der Waals surface area contributed by atoms with Gasteiger partial charge in [0.25, 0.3) is 0 Å². The predicted octanol–water partition coefficient (Wildman–Crippen LogP) is 4.66. The summed E-state index contributed by atoms with van der Waals surface area (Å²) >= 11 is 0. The maximum absolute atomic E-state index is 14.0. The van der Waals surface area contributed by atoms with Crippen LogP contribution in [0.2, 0.25) is 0 Å². The van der Waals surface area contributed by atoms with Crippen LogP contribution in [0.5, 0.6) is 0 Å². The molecule has 4 saturated heterocycles. The number of piperidine rings is 2. The molecule has 4 aromatic rings. The number of nitrogens with zero attached hydrogens (tertiary/aromatic N) is 7. The minimum Gasteiger partial charge on any atom is -0.372 e. The lowest BCUT2D eigenvalue weighted by Crippen LogP contribution is -2.50. The molecule has 8 rings (SSSR count). The van der Waals surface area contributed by atoms with Gasteiger partial charge in [0.15, 0.2) is 6.29 Å². The number of carbonyl (C=O) groups excluding carboxylic acids is 2. The number of hydrogen-bond acceptors (Lipinski definition) is 11. The second-order valence-electron chi connectivity index (χ2n) is 15.9. The monoisotopic (exact) mass is 772 g/mol. The Morgan fingerprint density at radius 3 is 2.48 bits per heavy atom. The number of fused-ring (bicyclic) bond motifs is 1. The summed E-state index contributed by atoms with van der Waals surface area (Å²) in [6.07, 6.45) is 4.71. The van der Waals surface area contributed by atoms with Crippen molar-refractivity contribution in [1.29, 1.82) is 0 Å². The number of aromatic amines is 1. The van der Waals surface area contributed by atoms with Crippen molar-refractivity contribution in [2.24, 2.45) is 5.92 Å². The molecule has 0 amide bonds. The number of alkyl halides is 3. The highest BCUT2D eigenvalue weighted by atomic mass is 19.4. The third-order valence-electron chi connectivity index (χ3n) is 12.3. The smallest absolute Gasteiger partial charge is 0.372 e. The Hall–Kier alpha value is -4.44. The zero-order valence-electron chi connectivity index (χ0n) is 31.7. The van der Waals surface area contributed by atoms with Gasteiger partial charge in [-0.3, -0.25) is 19.4 Å². The van der Waals surface area contributed by atoms with Gasteiger partial charge < -0.3 is 25.4 Å². The molecule has 0 saturated carbocycles. The van der Waals surface area contributed by atoms with E-state index in [0.717, 1.165) is 97.6 Å². The quantitative estimate of drug-likeness (QED) is 0.138. The topological polar surface area (TPSA) is 126 Å². The normalized spacial score (nSPS) is 23.5. The van der Waals surface area contributed by atoms with E-state index in [1.54, 1.807) is 18.3 Å². The number of rotatable bonds is 12. The average molecular weight is 773 g/mol. The molecule has 0 aliphatic carbocycles. The summed E-state index contributed by atoms with van der Waals surface area (Å²) in [6, 6.07) is 12.0. The third kappa shape index (κ3) is 8.90. The molecule has 15 heteroatoms. The van der Waals surface area contributed by atoms with Gasteiger partial charge in [-0.1, -0.05) is 12.1 Å². The Labute approximate surface area is 325 Å². The van der Waals surface area contributed by atoms with Gasteiger partial charge in [0.2, 0.25) is 11.7 Å². The van der Waals surface area contributed by atoms with Crippen LogP contribution in [0.25, 0.3) is 22.3 Å². The van der Waals surface area contributed by atoms with Crippen LogP contribution in [-0.4, -0.2) is 137 Å². The number of aromatic nitrogens is 4. The number of H-pyrrole nitrogens is 1. The second-order valence-corrected chi connectivity index (χ2v) is 15.9. The number of anilines is 2. The Morgan fingerprint density at radius 2 is 1.71 bits per heavy atom. The molecule has 3 aromatic heterocycles. The first-order valence-corrected chi connectivity index (χ1v) is 20.1. The van der Waals surface area contributed by atoms with Crippen molar-refractivity contribution in [2.75, 3.05) is 88.8 Å². The molecule has 3 unspecified atom stereocenters. The number of Topliss-reactive ketones (excluding diaryl/α,β-unsaturated/α-hetero) is 1. The zero-order chi connectivity index (χ0) is 38.6. The van der Waals surface area contributed by atoms with Crippen molar-refractivity contribution in [3.63, 3.8) is 0 Å². The molecule has 12 nitrogen and oxygen atoms in total. The molecular formula is C41H51F3N10O2. The van der Waals surface area contributed by atoms with Gasteiger partial charge in [0.1, 0.15) is 11.2 Å². The van der Waals surface area contributed by atoms with Crippen molar-refractivity contribution < 1.29 is 22.8 Å². The number of carbonyl (C=O) groups is 2. The Kier molecular flexibility index (Phi) is 11.6. The standard InChI is InChI=1S/C41H51F3N10O2/c42-41(43,44)35-24-48-40(50-38(35)34-23-47-39-33(34)5-2-11-45-39)49-31-10-12-52(26-31)18-15-51-16-19-53(20-17-51)25-28-8-13-54(14-9-28)32-4-1-3-29(21-32)30-6-7-36(46-22-30)37(56)27-55/h1-5,11,21,23-24,27-28,30-31,36,46H,6-10,12-20,22,25-26H2,(H,45,47)(H,48,49,50). The molecule has 0 spiro atoms. The summed E-state index contributed by atoms with van der Waals surface area (Å²) in [7, 11) is 0. The van der Waals surface area contributed by atoms with E-state index < -0.39 is 11.7 Å². The lowest BCUT2D eigenvalue weighted by molar-refractivity contribution is -0.137. The maximum Gasteiger partial charge on any atom is 0.419 e. The maximum atomic E-state index is 14.0. The fourth-order valence-electron chi connectivity index (χ4n) is 9.01. The van der Waals surface area contributed by atoms with Crippen LogP contribution in [0, 0.1) is 5.92 Å². The largest absolute Gasteiger partial charge is 0.419 e. The first kappa shape index (κ1) is 38.4. The van der Waals surface area contributed by atoms with E-state index >= 15 is 0 Å². The molecule has 4 aliphatic heterocycles. The Balaban J connectivity index is 0.752. The molecule has 3 N–H and O–H groups in total. The summed E-state index contributed by atoms with van der Waals surface area (Å²) < 4.78 is 42.0. The molecule has 298 valence electrons. The number of piperazine rings is 1. The van der Waals surface area contributed by atoms with Crippen molar-refractivity contribution >= 4 is 34.7 Å². The predicted molar refractivity (Wildman–Crippen MR) is 210 cm³/mol. The lowest BCUT2D eigenvalue weighted by Gasteiger charge is -2.40. The molecule has 4 fully saturated rings. The molecule has 0 radical (unpaired) electrons. The van der Waals surface area contributed by atoms with E-state index in [9.17, 15) is 22.8 Å². The lowest BCUT2D eigenvalue weighted by atomic mass is 9.87. The van der Waals surface area contributed by atoms with Gasteiger partial charge in [-0.05, 0) is 73.8 Å². The van der Waals surface area contributed by atoms with Crippen LogP contribution in [0.3, 0.4) is 0 Å². The van der Waals surface area contributed by atoms with Crippen molar-refractivity contribution in [3.8, 4) is 11.3 Å². The first-order chi connectivity index (χ1) is 27.2. The summed E-state index contributed by atoms with van der Waals surface area (Å²) in [5, 5.41) is 7.17. The zero-order valence-corrected chi connectivity index (χ0v) is 31.7. The van der Waals surface area contributed by atoms with Gasteiger partial charge in [0.05, 0.1) is 11.7 Å². The SMILES string of the molecule is O=CC(=O)C1CCC(c2cccc(N3CCC(CN4CCN(CCN5CCC(Nc6ncc(C(F)(F)F)c(-c7c[nH]c8ncccc78)n6)C5)CC4)CC3)c2)CN1. The summed E-state index contributed by atoms with van der Waals surface area (Å²) in [6.45, 7) is 12.0. The van der Waals surface area contributed by atoms with Crippen LogP contribution < -0.4 is 15.5 Å². The summed E-state index contributed by atoms with van der Waals surface area (Å²) in [5.41, 5.74) is 2.42. The van der Waals surface area contributed by atoms with Gasteiger partial charge in [-0.25, -0.2) is 15.0 Å². The first-order valence-electron chi connectivity index (χ1n) is 20.1. The summed E-state index contributed by atoms with van der Waals surface area (Å²) in [4.78, 5) is 48.4. The number of ketones is 1. The highest BCUT2D eigenvalue weighted by molar-refractivity contribution is 6.27. The highest BCUT2D eigenvalue weighted by Gasteiger charge is 2.37. The summed E-state index contributed by atoms with van der Waals surface area (Å²) in [5.74, 6) is 0.911. The minimum absolute atomic E-state index is 0.0572. The number of nitrogens with one attached hydrogen (secondary N) is 3.